The minimum atomic E-state index is 0.0760. The van der Waals surface area contributed by atoms with Crippen molar-refractivity contribution in [3.63, 3.8) is 0 Å². The van der Waals surface area contributed by atoms with Crippen molar-refractivity contribution in [2.75, 3.05) is 41.3 Å². The largest absolute Gasteiger partial charge is 0.348 e. The molecule has 0 spiro atoms. The summed E-state index contributed by atoms with van der Waals surface area (Å²) in [4.78, 5) is 15.0. The number of carbonyl (C=O) groups excluding carboxylic acids is 1. The average molecular weight is 201 g/mol. The van der Waals surface area contributed by atoms with Crippen LogP contribution in [0.1, 0.15) is 13.8 Å². The van der Waals surface area contributed by atoms with Crippen molar-refractivity contribution in [2.24, 2.45) is 0 Å². The Labute approximate surface area is 87.3 Å². The van der Waals surface area contributed by atoms with Gasteiger partial charge in [0.05, 0.1) is 6.54 Å². The number of rotatable bonds is 5. The molecule has 0 aromatic rings. The summed E-state index contributed by atoms with van der Waals surface area (Å²) in [5.41, 5.74) is 0.0760. The molecule has 0 rings (SSSR count). The zero-order valence-electron chi connectivity index (χ0n) is 10.2. The van der Waals surface area contributed by atoms with E-state index in [0.29, 0.717) is 6.54 Å². The summed E-state index contributed by atoms with van der Waals surface area (Å²) in [6.07, 6.45) is 0. The van der Waals surface area contributed by atoms with Crippen molar-refractivity contribution >= 4 is 5.91 Å². The normalized spacial score (nSPS) is 11.9. The first-order chi connectivity index (χ1) is 6.27. The van der Waals surface area contributed by atoms with Gasteiger partial charge in [-0.25, -0.2) is 0 Å². The number of likely N-dealkylation sites (N-methyl/N-ethyl adjacent to an activating group) is 2. The molecule has 0 saturated carbocycles. The topological polar surface area (TPSA) is 35.6 Å². The fourth-order valence-corrected chi connectivity index (χ4v) is 0.792. The zero-order chi connectivity index (χ0) is 11.4. The molecule has 1 N–H and O–H groups in total. The molecule has 84 valence electrons. The molecule has 0 unspecified atom stereocenters. The molecule has 0 aliphatic carbocycles. The van der Waals surface area contributed by atoms with Crippen molar-refractivity contribution in [3.8, 4) is 0 Å². The monoisotopic (exact) mass is 201 g/mol. The van der Waals surface area contributed by atoms with Gasteiger partial charge in [0.1, 0.15) is 0 Å². The van der Waals surface area contributed by atoms with E-state index < -0.39 is 0 Å². The molecule has 14 heavy (non-hydrogen) atoms. The van der Waals surface area contributed by atoms with Crippen LogP contribution in [-0.2, 0) is 4.79 Å². The highest BCUT2D eigenvalue weighted by molar-refractivity contribution is 5.77. The van der Waals surface area contributed by atoms with Gasteiger partial charge in [0.15, 0.2) is 0 Å². The third-order valence-electron chi connectivity index (χ3n) is 2.54. The van der Waals surface area contributed by atoms with Gasteiger partial charge in [-0.15, -0.1) is 0 Å². The second-order valence-corrected chi connectivity index (χ2v) is 4.60. The molecule has 0 aliphatic heterocycles. The van der Waals surface area contributed by atoms with E-state index in [1.807, 2.05) is 14.1 Å². The Hall–Kier alpha value is -0.610. The second-order valence-electron chi connectivity index (χ2n) is 4.60. The first-order valence-electron chi connectivity index (χ1n) is 4.85. The molecule has 4 nitrogen and oxygen atoms in total. The predicted octanol–water partition coefficient (Wildman–Crippen LogP) is 0.00440. The second kappa shape index (κ2) is 5.32. The van der Waals surface area contributed by atoms with Crippen LogP contribution in [0.25, 0.3) is 0 Å². The van der Waals surface area contributed by atoms with E-state index in [0.717, 1.165) is 6.54 Å². The highest BCUT2D eigenvalue weighted by atomic mass is 16.2. The molecular weight excluding hydrogens is 178 g/mol. The lowest BCUT2D eigenvalue weighted by atomic mass is 10.0. The molecule has 0 bridgehead atoms. The van der Waals surface area contributed by atoms with Crippen LogP contribution in [0.3, 0.4) is 0 Å². The van der Waals surface area contributed by atoms with Crippen LogP contribution >= 0.6 is 0 Å². The summed E-state index contributed by atoms with van der Waals surface area (Å²) in [5.74, 6) is 0.111. The van der Waals surface area contributed by atoms with Gasteiger partial charge >= 0.3 is 0 Å². The molecule has 0 aliphatic rings. The lowest BCUT2D eigenvalue weighted by molar-refractivity contribution is -0.127. The van der Waals surface area contributed by atoms with E-state index in [4.69, 9.17) is 0 Å². The Bertz CT molecular complexity index is 188. The van der Waals surface area contributed by atoms with Crippen LogP contribution in [0, 0.1) is 0 Å². The lowest BCUT2D eigenvalue weighted by Crippen LogP contribution is -2.48. The number of carbonyl (C=O) groups is 1. The van der Waals surface area contributed by atoms with Crippen molar-refractivity contribution < 1.29 is 4.79 Å². The summed E-state index contributed by atoms with van der Waals surface area (Å²) in [7, 11) is 7.60. The Kier molecular flexibility index (Phi) is 5.08. The minimum absolute atomic E-state index is 0.0760. The third kappa shape index (κ3) is 4.58. The zero-order valence-corrected chi connectivity index (χ0v) is 10.2. The Balaban J connectivity index is 3.80. The van der Waals surface area contributed by atoms with Crippen molar-refractivity contribution in [3.05, 3.63) is 0 Å². The van der Waals surface area contributed by atoms with Crippen LogP contribution in [0.4, 0.5) is 0 Å². The highest BCUT2D eigenvalue weighted by Gasteiger charge is 2.19. The highest BCUT2D eigenvalue weighted by Crippen LogP contribution is 2.07. The van der Waals surface area contributed by atoms with Gasteiger partial charge in [0.2, 0.25) is 5.91 Å². The summed E-state index contributed by atoms with van der Waals surface area (Å²) >= 11 is 0. The van der Waals surface area contributed by atoms with E-state index in [1.165, 1.54) is 0 Å². The van der Waals surface area contributed by atoms with E-state index >= 15 is 0 Å². The van der Waals surface area contributed by atoms with Crippen LogP contribution in [0.5, 0.6) is 0 Å². The van der Waals surface area contributed by atoms with E-state index in [-0.39, 0.29) is 11.4 Å². The maximum atomic E-state index is 11.2. The molecule has 0 aromatic carbocycles. The molecule has 0 fully saturated rings. The molecule has 4 heteroatoms. The van der Waals surface area contributed by atoms with Gasteiger partial charge in [-0.1, -0.05) is 0 Å². The first-order valence-corrected chi connectivity index (χ1v) is 4.85. The van der Waals surface area contributed by atoms with Gasteiger partial charge in [0.25, 0.3) is 0 Å². The molecule has 0 radical (unpaired) electrons. The Morgan fingerprint density at radius 3 is 2.07 bits per heavy atom. The summed E-state index contributed by atoms with van der Waals surface area (Å²) in [6.45, 7) is 5.49. The summed E-state index contributed by atoms with van der Waals surface area (Å²) < 4.78 is 0. The van der Waals surface area contributed by atoms with Crippen LogP contribution in [-0.4, -0.2) is 62.5 Å². The number of amides is 1. The smallest absolute Gasteiger partial charge is 0.236 e. The van der Waals surface area contributed by atoms with Gasteiger partial charge in [0, 0.05) is 26.2 Å². The maximum Gasteiger partial charge on any atom is 0.236 e. The Morgan fingerprint density at radius 2 is 1.71 bits per heavy atom. The molecule has 0 atom stereocenters. The van der Waals surface area contributed by atoms with E-state index in [9.17, 15) is 4.79 Å². The van der Waals surface area contributed by atoms with Crippen molar-refractivity contribution in [1.82, 2.24) is 15.1 Å². The predicted molar refractivity (Wildman–Crippen MR) is 59.3 cm³/mol. The van der Waals surface area contributed by atoms with Crippen LogP contribution < -0.4 is 5.32 Å². The number of nitrogens with one attached hydrogen (secondary N) is 1. The molecule has 1 amide bonds. The fourth-order valence-electron chi connectivity index (χ4n) is 0.792. The fraction of sp³-hybridized carbons (Fsp3) is 0.900. The quantitative estimate of drug-likeness (QED) is 0.680. The summed E-state index contributed by atoms with van der Waals surface area (Å²) in [5, 5.41) is 3.16. The van der Waals surface area contributed by atoms with E-state index in [1.54, 1.807) is 19.0 Å². The number of hydrogen-bond acceptors (Lipinski definition) is 3. The maximum absolute atomic E-state index is 11.2. The minimum Gasteiger partial charge on any atom is -0.348 e. The Morgan fingerprint density at radius 1 is 1.21 bits per heavy atom. The molecule has 0 heterocycles. The molecule has 0 aromatic heterocycles. The number of nitrogens with zero attached hydrogens (tertiary/aromatic N) is 2. The van der Waals surface area contributed by atoms with Crippen LogP contribution in [0.2, 0.25) is 0 Å². The SMILES string of the molecule is CN(C)C(=O)CNCC(C)(C)N(C)C. The van der Waals surface area contributed by atoms with Gasteiger partial charge < -0.3 is 15.1 Å². The van der Waals surface area contributed by atoms with Crippen molar-refractivity contribution in [1.29, 1.82) is 0 Å². The lowest BCUT2D eigenvalue weighted by Gasteiger charge is -2.32. The standard InChI is InChI=1S/C10H23N3O/c1-10(2,13(5)6)8-11-7-9(14)12(3)4/h11H,7-8H2,1-6H3. The third-order valence-corrected chi connectivity index (χ3v) is 2.54. The van der Waals surface area contributed by atoms with Crippen molar-refractivity contribution in [2.45, 2.75) is 19.4 Å². The van der Waals surface area contributed by atoms with E-state index in [2.05, 4.69) is 24.1 Å². The first kappa shape index (κ1) is 13.4. The summed E-state index contributed by atoms with van der Waals surface area (Å²) in [6, 6.07) is 0. The van der Waals surface area contributed by atoms with Crippen LogP contribution in [0.15, 0.2) is 0 Å². The van der Waals surface area contributed by atoms with Gasteiger partial charge in [-0.05, 0) is 27.9 Å². The molecule has 0 saturated heterocycles. The average Bonchev–Trinajstić information content (AvgIpc) is 2.03. The molecular formula is C10H23N3O. The number of hydrogen-bond donors (Lipinski definition) is 1. The van der Waals surface area contributed by atoms with Gasteiger partial charge in [-0.3, -0.25) is 4.79 Å². The van der Waals surface area contributed by atoms with Gasteiger partial charge in [-0.2, -0.15) is 0 Å².